The topological polar surface area (TPSA) is 87.6 Å². The molecule has 1 atom stereocenters. The van der Waals surface area contributed by atoms with E-state index in [1.807, 2.05) is 6.07 Å². The second kappa shape index (κ2) is 5.37. The molecule has 4 N–H and O–H groups in total. The van der Waals surface area contributed by atoms with Crippen LogP contribution in [0.25, 0.3) is 0 Å². The molecule has 16 heavy (non-hydrogen) atoms. The summed E-state index contributed by atoms with van der Waals surface area (Å²) in [6.45, 7) is 0. The lowest BCUT2D eigenvalue weighted by Crippen LogP contribution is -2.38. The van der Waals surface area contributed by atoms with Gasteiger partial charge >= 0.3 is 0 Å². The minimum atomic E-state index is -0.682. The summed E-state index contributed by atoms with van der Waals surface area (Å²) >= 11 is 0. The minimum absolute atomic E-state index is 0.385. The molecule has 5 heteroatoms. The highest BCUT2D eigenvalue weighted by Crippen LogP contribution is 2.27. The van der Waals surface area contributed by atoms with E-state index in [0.29, 0.717) is 17.9 Å². The lowest BCUT2D eigenvalue weighted by atomic mass is 10.1. The van der Waals surface area contributed by atoms with Crippen LogP contribution in [-0.2, 0) is 11.2 Å². The van der Waals surface area contributed by atoms with Crippen LogP contribution in [0, 0.1) is 0 Å². The molecule has 0 saturated heterocycles. The molecule has 1 unspecified atom stereocenters. The van der Waals surface area contributed by atoms with E-state index in [9.17, 15) is 4.79 Å². The number of carbonyl (C=O) groups excluding carboxylic acids is 1. The maximum atomic E-state index is 10.8. The fourth-order valence-electron chi connectivity index (χ4n) is 1.36. The van der Waals surface area contributed by atoms with Gasteiger partial charge in [0.1, 0.15) is 0 Å². The van der Waals surface area contributed by atoms with Crippen LogP contribution in [0.15, 0.2) is 18.2 Å². The van der Waals surface area contributed by atoms with Crippen LogP contribution in [-0.4, -0.2) is 26.2 Å². The summed E-state index contributed by atoms with van der Waals surface area (Å²) in [6.07, 6.45) is 0.385. The molecule has 1 aromatic rings. The van der Waals surface area contributed by atoms with E-state index in [4.69, 9.17) is 20.9 Å². The molecule has 0 heterocycles. The Kier molecular flexibility index (Phi) is 4.13. The van der Waals surface area contributed by atoms with E-state index in [2.05, 4.69) is 0 Å². The average Bonchev–Trinajstić information content (AvgIpc) is 2.28. The second-order valence-corrected chi connectivity index (χ2v) is 3.40. The number of primary amides is 1. The third-order valence-corrected chi connectivity index (χ3v) is 2.27. The van der Waals surface area contributed by atoms with Crippen LogP contribution in [0.5, 0.6) is 11.5 Å². The number of hydrogen-bond acceptors (Lipinski definition) is 4. The van der Waals surface area contributed by atoms with E-state index in [1.54, 1.807) is 26.4 Å². The Balaban J connectivity index is 2.86. The number of ether oxygens (including phenoxy) is 2. The standard InChI is InChI=1S/C11H16N2O3/c1-15-9-4-3-7(6-10(9)16-2)5-8(12)11(13)14/h3-4,6,8H,5,12H2,1-2H3,(H2,13,14). The molecule has 0 aliphatic carbocycles. The molecule has 1 rings (SSSR count). The van der Waals surface area contributed by atoms with Gasteiger partial charge in [0.05, 0.1) is 20.3 Å². The van der Waals surface area contributed by atoms with Gasteiger partial charge in [-0.05, 0) is 24.1 Å². The van der Waals surface area contributed by atoms with Gasteiger partial charge in [0.25, 0.3) is 0 Å². The van der Waals surface area contributed by atoms with Crippen molar-refractivity contribution in [2.45, 2.75) is 12.5 Å². The zero-order valence-electron chi connectivity index (χ0n) is 9.40. The first-order valence-electron chi connectivity index (χ1n) is 4.84. The van der Waals surface area contributed by atoms with Crippen LogP contribution in [0.1, 0.15) is 5.56 Å². The highest BCUT2D eigenvalue weighted by molar-refractivity contribution is 5.79. The summed E-state index contributed by atoms with van der Waals surface area (Å²) in [4.78, 5) is 10.8. The first-order valence-corrected chi connectivity index (χ1v) is 4.84. The predicted molar refractivity (Wildman–Crippen MR) is 60.4 cm³/mol. The Morgan fingerprint density at radius 2 is 1.94 bits per heavy atom. The summed E-state index contributed by atoms with van der Waals surface area (Å²) in [6, 6.07) is 4.69. The number of amides is 1. The number of benzene rings is 1. The summed E-state index contributed by atoms with van der Waals surface area (Å²) in [5, 5.41) is 0. The van der Waals surface area contributed by atoms with Gasteiger partial charge in [-0.15, -0.1) is 0 Å². The Morgan fingerprint density at radius 3 is 2.44 bits per heavy atom. The Morgan fingerprint density at radius 1 is 1.31 bits per heavy atom. The highest BCUT2D eigenvalue weighted by atomic mass is 16.5. The summed E-state index contributed by atoms with van der Waals surface area (Å²) < 4.78 is 10.2. The van der Waals surface area contributed by atoms with Gasteiger partial charge < -0.3 is 20.9 Å². The fraction of sp³-hybridized carbons (Fsp3) is 0.364. The Hall–Kier alpha value is -1.75. The van der Waals surface area contributed by atoms with Gasteiger partial charge in [-0.2, -0.15) is 0 Å². The molecule has 0 aromatic heterocycles. The summed E-state index contributed by atoms with van der Waals surface area (Å²) in [7, 11) is 3.11. The van der Waals surface area contributed by atoms with Crippen molar-refractivity contribution in [1.82, 2.24) is 0 Å². The molecular weight excluding hydrogens is 208 g/mol. The Bertz CT molecular complexity index is 379. The summed E-state index contributed by atoms with van der Waals surface area (Å²) in [5.41, 5.74) is 11.5. The fourth-order valence-corrected chi connectivity index (χ4v) is 1.36. The van der Waals surface area contributed by atoms with Crippen LogP contribution in [0.2, 0.25) is 0 Å². The Labute approximate surface area is 94.3 Å². The third kappa shape index (κ3) is 2.87. The molecule has 0 bridgehead atoms. The SMILES string of the molecule is COc1ccc(CC(N)C(N)=O)cc1OC. The van der Waals surface area contributed by atoms with Gasteiger partial charge in [-0.25, -0.2) is 0 Å². The van der Waals surface area contributed by atoms with E-state index in [1.165, 1.54) is 0 Å². The zero-order valence-corrected chi connectivity index (χ0v) is 9.40. The van der Waals surface area contributed by atoms with Crippen LogP contribution < -0.4 is 20.9 Å². The lowest BCUT2D eigenvalue weighted by Gasteiger charge is -2.11. The summed E-state index contributed by atoms with van der Waals surface area (Å²) in [5.74, 6) is 0.727. The van der Waals surface area contributed by atoms with Crippen molar-refractivity contribution in [3.05, 3.63) is 23.8 Å². The smallest absolute Gasteiger partial charge is 0.234 e. The van der Waals surface area contributed by atoms with Gasteiger partial charge in [0.2, 0.25) is 5.91 Å². The first kappa shape index (κ1) is 12.3. The van der Waals surface area contributed by atoms with Crippen molar-refractivity contribution in [2.75, 3.05) is 14.2 Å². The quantitative estimate of drug-likeness (QED) is 0.740. The predicted octanol–water partition coefficient (Wildman–Crippen LogP) is 0.0589. The molecule has 0 spiro atoms. The zero-order chi connectivity index (χ0) is 12.1. The molecule has 1 aromatic carbocycles. The number of hydrogen-bond donors (Lipinski definition) is 2. The third-order valence-electron chi connectivity index (χ3n) is 2.27. The molecule has 0 saturated carbocycles. The van der Waals surface area contributed by atoms with Gasteiger partial charge in [0, 0.05) is 0 Å². The number of nitrogens with two attached hydrogens (primary N) is 2. The van der Waals surface area contributed by atoms with Crippen molar-refractivity contribution in [3.63, 3.8) is 0 Å². The maximum Gasteiger partial charge on any atom is 0.234 e. The van der Waals surface area contributed by atoms with Crippen molar-refractivity contribution in [3.8, 4) is 11.5 Å². The van der Waals surface area contributed by atoms with E-state index in [-0.39, 0.29) is 0 Å². The van der Waals surface area contributed by atoms with Crippen LogP contribution in [0.3, 0.4) is 0 Å². The van der Waals surface area contributed by atoms with E-state index in [0.717, 1.165) is 5.56 Å². The van der Waals surface area contributed by atoms with Crippen molar-refractivity contribution >= 4 is 5.91 Å². The average molecular weight is 224 g/mol. The van der Waals surface area contributed by atoms with Gasteiger partial charge in [0.15, 0.2) is 11.5 Å². The molecule has 5 nitrogen and oxygen atoms in total. The normalized spacial score (nSPS) is 11.9. The minimum Gasteiger partial charge on any atom is -0.493 e. The largest absolute Gasteiger partial charge is 0.493 e. The molecule has 0 fully saturated rings. The lowest BCUT2D eigenvalue weighted by molar-refractivity contribution is -0.119. The monoisotopic (exact) mass is 224 g/mol. The van der Waals surface area contributed by atoms with Crippen molar-refractivity contribution in [1.29, 1.82) is 0 Å². The number of rotatable bonds is 5. The van der Waals surface area contributed by atoms with Crippen LogP contribution >= 0.6 is 0 Å². The molecule has 0 aliphatic heterocycles. The second-order valence-electron chi connectivity index (χ2n) is 3.40. The number of carbonyl (C=O) groups is 1. The molecular formula is C11H16N2O3. The molecule has 1 amide bonds. The van der Waals surface area contributed by atoms with E-state index < -0.39 is 11.9 Å². The van der Waals surface area contributed by atoms with Crippen molar-refractivity contribution in [2.24, 2.45) is 11.5 Å². The first-order chi connectivity index (χ1) is 7.58. The highest BCUT2D eigenvalue weighted by Gasteiger charge is 2.12. The van der Waals surface area contributed by atoms with Gasteiger partial charge in [-0.3, -0.25) is 4.79 Å². The maximum absolute atomic E-state index is 10.8. The van der Waals surface area contributed by atoms with Gasteiger partial charge in [-0.1, -0.05) is 6.07 Å². The molecule has 0 radical (unpaired) electrons. The van der Waals surface area contributed by atoms with Crippen molar-refractivity contribution < 1.29 is 14.3 Å². The molecule has 0 aliphatic rings. The van der Waals surface area contributed by atoms with Crippen LogP contribution in [0.4, 0.5) is 0 Å². The van der Waals surface area contributed by atoms with E-state index >= 15 is 0 Å². The molecule has 88 valence electrons. The number of methoxy groups -OCH3 is 2.